The quantitative estimate of drug-likeness (QED) is 0.531. The van der Waals surface area contributed by atoms with Crippen LogP contribution >= 0.6 is 0 Å². The summed E-state index contributed by atoms with van der Waals surface area (Å²) in [5.41, 5.74) is 0. The molecule has 0 saturated carbocycles. The molecule has 0 aromatic heterocycles. The van der Waals surface area contributed by atoms with Crippen LogP contribution in [0.4, 0.5) is 0 Å². The molecule has 0 N–H and O–H groups in total. The predicted octanol–water partition coefficient (Wildman–Crippen LogP) is -0.364. The van der Waals surface area contributed by atoms with Crippen LogP contribution in [-0.4, -0.2) is 0 Å². The van der Waals surface area contributed by atoms with E-state index in [1.807, 2.05) is 15.9 Å². The number of hydrogen-bond donors (Lipinski definition) is 0. The van der Waals surface area contributed by atoms with Crippen LogP contribution in [0.5, 0.6) is 0 Å². The van der Waals surface area contributed by atoms with Gasteiger partial charge in [-0.05, 0) is 0 Å². The Kier molecular flexibility index (Phi) is 374. The van der Waals surface area contributed by atoms with Crippen LogP contribution in [0.25, 0.3) is 0 Å². The maximum atomic E-state index is 8.38. The first-order chi connectivity index (χ1) is 3.00. The minimum atomic E-state index is 0.125. The first kappa shape index (κ1) is 15.7. The summed E-state index contributed by atoms with van der Waals surface area (Å²) >= 11 is 4.75. The van der Waals surface area contributed by atoms with E-state index in [1.54, 1.807) is 0 Å². The molecule has 0 radical (unpaired) electrons. The van der Waals surface area contributed by atoms with E-state index in [4.69, 9.17) is 11.3 Å². The molecule has 0 atom stereocenters. The summed E-state index contributed by atoms with van der Waals surface area (Å²) < 4.78 is 24.2. The molecule has 0 spiro atoms. The van der Waals surface area contributed by atoms with E-state index >= 15 is 0 Å². The van der Waals surface area contributed by atoms with Crippen molar-refractivity contribution in [2.75, 3.05) is 0 Å². The van der Waals surface area contributed by atoms with Crippen LogP contribution in [0.1, 0.15) is 0 Å². The average Bonchev–Trinajstić information content (AvgIpc) is 1.81. The summed E-state index contributed by atoms with van der Waals surface area (Å²) in [6.07, 6.45) is 0. The molecule has 38 valence electrons. The fourth-order valence-electron chi connectivity index (χ4n) is 0. The molecule has 0 amide bonds. The van der Waals surface area contributed by atoms with Crippen LogP contribution in [0.3, 0.4) is 0 Å². The van der Waals surface area contributed by atoms with Crippen molar-refractivity contribution in [2.45, 2.75) is 0 Å². The van der Waals surface area contributed by atoms with E-state index in [2.05, 4.69) is 15.4 Å². The van der Waals surface area contributed by atoms with Gasteiger partial charge in [-0.3, -0.25) is 0 Å². The first-order valence-electron chi connectivity index (χ1n) is 0.562. The van der Waals surface area contributed by atoms with Crippen molar-refractivity contribution in [3.8, 4) is 0 Å². The van der Waals surface area contributed by atoms with Gasteiger partial charge < -0.3 is 0 Å². The van der Waals surface area contributed by atoms with Gasteiger partial charge in [0.05, 0.1) is 0 Å². The minimum absolute atomic E-state index is 0.125. The van der Waals surface area contributed by atoms with Crippen molar-refractivity contribution in [2.24, 2.45) is 0 Å². The molecule has 3 nitrogen and oxygen atoms in total. The Bertz CT molecular complexity index is 15.5. The molecule has 0 aliphatic rings. The van der Waals surface area contributed by atoms with Crippen molar-refractivity contribution in [3.63, 3.8) is 0 Å². The van der Waals surface area contributed by atoms with E-state index in [9.17, 15) is 0 Å². The number of rotatable bonds is 0. The molecule has 6 heavy (non-hydrogen) atoms. The van der Waals surface area contributed by atoms with Gasteiger partial charge in [0.25, 0.3) is 0 Å². The van der Waals surface area contributed by atoms with Crippen molar-refractivity contribution in [1.82, 2.24) is 0 Å². The summed E-state index contributed by atoms with van der Waals surface area (Å²) in [5.74, 6) is 0. The van der Waals surface area contributed by atoms with Gasteiger partial charge in [0, 0.05) is 0 Å². The molecule has 0 aliphatic heterocycles. The van der Waals surface area contributed by atoms with Crippen LogP contribution in [-0.2, 0) is 60.9 Å². The van der Waals surface area contributed by atoms with Gasteiger partial charge in [-0.1, -0.05) is 0 Å². The van der Waals surface area contributed by atoms with Gasteiger partial charge in [-0.15, -0.1) is 0 Å². The van der Waals surface area contributed by atoms with Crippen molar-refractivity contribution < 1.29 is 60.9 Å². The summed E-state index contributed by atoms with van der Waals surface area (Å²) in [6.45, 7) is 0. The van der Waals surface area contributed by atoms with E-state index in [0.29, 0.717) is 0 Å². The van der Waals surface area contributed by atoms with Crippen LogP contribution in [0.15, 0.2) is 0 Å². The van der Waals surface area contributed by atoms with Gasteiger partial charge in [0.2, 0.25) is 0 Å². The van der Waals surface area contributed by atoms with E-state index in [1.165, 1.54) is 0 Å². The van der Waals surface area contributed by atoms with Crippen molar-refractivity contribution in [1.29, 1.82) is 0 Å². The first-order valence-corrected chi connectivity index (χ1v) is 2.63. The van der Waals surface area contributed by atoms with Crippen molar-refractivity contribution in [3.05, 3.63) is 0 Å². The van der Waals surface area contributed by atoms with E-state index < -0.39 is 0 Å². The summed E-state index contributed by atoms with van der Waals surface area (Å²) in [6, 6.07) is 0. The predicted molar refractivity (Wildman–Crippen MR) is 2.06 cm³/mol. The molecule has 0 aromatic carbocycles. The van der Waals surface area contributed by atoms with Gasteiger partial charge in [0.1, 0.15) is 0 Å². The third-order valence-electron chi connectivity index (χ3n) is 0. The molecular formula is FeNiO3Zn. The summed E-state index contributed by atoms with van der Waals surface area (Å²) in [7, 11) is 0. The zero-order valence-electron chi connectivity index (χ0n) is 2.60. The third kappa shape index (κ3) is 76.4. The molecule has 6 heteroatoms. The summed E-state index contributed by atoms with van der Waals surface area (Å²) in [5, 5.41) is 0. The summed E-state index contributed by atoms with van der Waals surface area (Å²) in [4.78, 5) is 0. The molecular weight excluding hydrogens is 228 g/mol. The number of hydrogen-bond acceptors (Lipinski definition) is 3. The molecule has 0 rings (SSSR count). The Morgan fingerprint density at radius 2 is 1.17 bits per heavy atom. The second-order valence-electron chi connectivity index (χ2n) is 0. The second kappa shape index (κ2) is 143. The Hall–Kier alpha value is 1.04. The Morgan fingerprint density at radius 1 is 1.17 bits per heavy atom. The van der Waals surface area contributed by atoms with Crippen LogP contribution in [0.2, 0.25) is 0 Å². The third-order valence-corrected chi connectivity index (χ3v) is 0. The Balaban J connectivity index is -0.0000000225. The molecule has 0 saturated heterocycles. The van der Waals surface area contributed by atoms with Gasteiger partial charge >= 0.3 is 60.9 Å². The Morgan fingerprint density at radius 3 is 1.17 bits per heavy atom. The molecule has 0 aromatic rings. The standard InChI is InChI=1S/Fe.Ni.3O.Zn. The topological polar surface area (TPSA) is 51.2 Å². The fraction of sp³-hybridized carbons (Fsp3) is 0. The van der Waals surface area contributed by atoms with Gasteiger partial charge in [-0.25, -0.2) is 0 Å². The van der Waals surface area contributed by atoms with Crippen LogP contribution < -0.4 is 0 Å². The van der Waals surface area contributed by atoms with Gasteiger partial charge in [0.15, 0.2) is 0 Å². The molecule has 0 aliphatic carbocycles. The van der Waals surface area contributed by atoms with Crippen molar-refractivity contribution >= 4 is 0 Å². The fourth-order valence-corrected chi connectivity index (χ4v) is 0. The molecule has 0 heterocycles. The monoisotopic (exact) mass is 226 g/mol. The zero-order chi connectivity index (χ0) is 6.00. The van der Waals surface area contributed by atoms with E-state index in [0.717, 1.165) is 0 Å². The van der Waals surface area contributed by atoms with Crippen LogP contribution in [0, 0.1) is 0 Å². The maximum absolute atomic E-state index is 8.38. The van der Waals surface area contributed by atoms with E-state index in [-0.39, 0.29) is 18.3 Å². The average molecular weight is 228 g/mol. The second-order valence-corrected chi connectivity index (χ2v) is 0. The zero-order valence-corrected chi connectivity index (χ0v) is 7.66. The normalized spacial score (nSPS) is 2.83. The van der Waals surface area contributed by atoms with Gasteiger partial charge in [-0.2, -0.15) is 0 Å². The molecule has 0 unspecified atom stereocenters. The Labute approximate surface area is 60.8 Å². The molecule has 0 bridgehead atoms. The SMILES string of the molecule is [O]=[Fe].[O]=[Ni].[O]=[Zn]. The molecule has 0 fully saturated rings.